The van der Waals surface area contributed by atoms with E-state index in [0.717, 1.165) is 0 Å². The van der Waals surface area contributed by atoms with Crippen LogP contribution >= 0.6 is 15.9 Å². The van der Waals surface area contributed by atoms with Crippen LogP contribution in [0, 0.1) is 0 Å². The van der Waals surface area contributed by atoms with Crippen molar-refractivity contribution in [2.24, 2.45) is 0 Å². The molecule has 0 atom stereocenters. The molecule has 0 saturated carbocycles. The van der Waals surface area contributed by atoms with E-state index in [0.29, 0.717) is 15.9 Å². The molecule has 1 aliphatic heterocycles. The molecule has 0 spiro atoms. The van der Waals surface area contributed by atoms with Gasteiger partial charge < -0.3 is 19.5 Å². The highest BCUT2D eigenvalue weighted by molar-refractivity contribution is 9.10. The average Bonchev–Trinajstić information content (AvgIpc) is 2.45. The van der Waals surface area contributed by atoms with Gasteiger partial charge in [-0.2, -0.15) is 0 Å². The van der Waals surface area contributed by atoms with Crippen molar-refractivity contribution in [1.29, 1.82) is 0 Å². The van der Waals surface area contributed by atoms with Crippen LogP contribution in [0.2, 0.25) is 0 Å². The molecule has 0 radical (unpaired) electrons. The summed E-state index contributed by atoms with van der Waals surface area (Å²) in [5, 5.41) is 2.62. The molecular weight excluding hydrogens is 346 g/mol. The zero-order valence-electron chi connectivity index (χ0n) is 11.1. The molecule has 7 nitrogen and oxygen atoms in total. The van der Waals surface area contributed by atoms with Gasteiger partial charge in [0.2, 0.25) is 0 Å². The van der Waals surface area contributed by atoms with Gasteiger partial charge in [0.15, 0.2) is 13.2 Å². The van der Waals surface area contributed by atoms with Gasteiger partial charge in [-0.3, -0.25) is 4.79 Å². The minimum Gasteiger partial charge on any atom is -0.482 e. The summed E-state index contributed by atoms with van der Waals surface area (Å²) in [6, 6.07) is 2.91. The van der Waals surface area contributed by atoms with E-state index < -0.39 is 18.5 Å². The molecule has 1 aromatic carbocycles. The van der Waals surface area contributed by atoms with Crippen LogP contribution < -0.4 is 10.1 Å². The maximum Gasteiger partial charge on any atom is 0.344 e. The molecule has 0 unspecified atom stereocenters. The third kappa shape index (κ3) is 3.72. The van der Waals surface area contributed by atoms with Gasteiger partial charge in [-0.05, 0) is 35.0 Å². The number of nitrogens with one attached hydrogen (secondary N) is 1. The van der Waals surface area contributed by atoms with E-state index in [4.69, 9.17) is 9.47 Å². The minimum absolute atomic E-state index is 0.124. The van der Waals surface area contributed by atoms with Gasteiger partial charge in [0.1, 0.15) is 5.75 Å². The fourth-order valence-electron chi connectivity index (χ4n) is 1.66. The first kappa shape index (κ1) is 15.3. The third-order valence-electron chi connectivity index (χ3n) is 2.54. The summed E-state index contributed by atoms with van der Waals surface area (Å²) in [5.74, 6) is -1.23. The highest BCUT2D eigenvalue weighted by atomic mass is 79.9. The number of hydrogen-bond donors (Lipinski definition) is 1. The lowest BCUT2D eigenvalue weighted by Gasteiger charge is -2.19. The van der Waals surface area contributed by atoms with Crippen molar-refractivity contribution in [1.82, 2.24) is 0 Å². The largest absolute Gasteiger partial charge is 0.482 e. The van der Waals surface area contributed by atoms with Gasteiger partial charge in [-0.1, -0.05) is 0 Å². The number of carbonyl (C=O) groups is 3. The molecule has 0 saturated heterocycles. The van der Waals surface area contributed by atoms with Gasteiger partial charge in [-0.25, -0.2) is 9.59 Å². The Balaban J connectivity index is 2.10. The highest BCUT2D eigenvalue weighted by Crippen LogP contribution is 2.36. The molecule has 1 aliphatic rings. The van der Waals surface area contributed by atoms with Crippen LogP contribution in [-0.2, 0) is 19.1 Å². The molecule has 0 bridgehead atoms. The number of rotatable bonds is 4. The Hall–Kier alpha value is -2.09. The normalized spacial score (nSPS) is 12.8. The third-order valence-corrected chi connectivity index (χ3v) is 3.16. The van der Waals surface area contributed by atoms with Crippen molar-refractivity contribution >= 4 is 39.5 Å². The van der Waals surface area contributed by atoms with Crippen LogP contribution in [0.25, 0.3) is 0 Å². The number of anilines is 1. The number of fused-ring (bicyclic) bond motifs is 1. The number of benzene rings is 1. The van der Waals surface area contributed by atoms with E-state index in [-0.39, 0.29) is 24.7 Å². The Bertz CT molecular complexity index is 601. The van der Waals surface area contributed by atoms with Crippen molar-refractivity contribution < 1.29 is 28.6 Å². The summed E-state index contributed by atoms with van der Waals surface area (Å²) in [5.41, 5.74) is 0.647. The first-order chi connectivity index (χ1) is 10.0. The molecule has 112 valence electrons. The molecule has 8 heteroatoms. The molecule has 1 N–H and O–H groups in total. The molecule has 2 rings (SSSR count). The summed E-state index contributed by atoms with van der Waals surface area (Å²) in [6.07, 6.45) is 0. The van der Waals surface area contributed by atoms with Crippen LogP contribution in [0.1, 0.15) is 17.3 Å². The van der Waals surface area contributed by atoms with Crippen LogP contribution in [0.15, 0.2) is 16.6 Å². The first-order valence-corrected chi connectivity index (χ1v) is 6.89. The molecule has 21 heavy (non-hydrogen) atoms. The van der Waals surface area contributed by atoms with E-state index in [1.807, 2.05) is 0 Å². The summed E-state index contributed by atoms with van der Waals surface area (Å²) in [7, 11) is 0. The Morgan fingerprint density at radius 3 is 2.86 bits per heavy atom. The van der Waals surface area contributed by atoms with Crippen LogP contribution in [0.4, 0.5) is 5.69 Å². The van der Waals surface area contributed by atoms with Crippen LogP contribution in [0.5, 0.6) is 5.75 Å². The fraction of sp³-hybridized carbons (Fsp3) is 0.308. The van der Waals surface area contributed by atoms with Crippen molar-refractivity contribution in [3.8, 4) is 5.75 Å². The first-order valence-electron chi connectivity index (χ1n) is 6.10. The lowest BCUT2D eigenvalue weighted by atomic mass is 10.1. The lowest BCUT2D eigenvalue weighted by Crippen LogP contribution is -2.26. The number of amides is 1. The van der Waals surface area contributed by atoms with E-state index in [9.17, 15) is 14.4 Å². The zero-order valence-corrected chi connectivity index (χ0v) is 12.7. The smallest absolute Gasteiger partial charge is 0.344 e. The van der Waals surface area contributed by atoms with Crippen molar-refractivity contribution in [3.05, 3.63) is 22.2 Å². The standard InChI is InChI=1S/C13H12BrNO6/c1-2-19-11(17)6-21-13(18)7-3-8(14)12-9(4-7)20-5-10(16)15-12/h3-4H,2,5-6H2,1H3,(H,15,16). The molecular formula is C13H12BrNO6. The van der Waals surface area contributed by atoms with Gasteiger partial charge in [0.25, 0.3) is 5.91 Å². The zero-order chi connectivity index (χ0) is 15.4. The second-order valence-corrected chi connectivity index (χ2v) is 4.90. The number of halogens is 1. The van der Waals surface area contributed by atoms with Crippen molar-refractivity contribution in [2.45, 2.75) is 6.92 Å². The second kappa shape index (κ2) is 6.57. The molecule has 1 amide bonds. The molecule has 0 aliphatic carbocycles. The van der Waals surface area contributed by atoms with Crippen LogP contribution in [0.3, 0.4) is 0 Å². The fourth-order valence-corrected chi connectivity index (χ4v) is 2.20. The van der Waals surface area contributed by atoms with Crippen LogP contribution in [-0.4, -0.2) is 37.7 Å². The summed E-state index contributed by atoms with van der Waals surface area (Å²) in [4.78, 5) is 34.2. The van der Waals surface area contributed by atoms with Gasteiger partial charge in [0.05, 0.1) is 17.9 Å². The Morgan fingerprint density at radius 2 is 2.14 bits per heavy atom. The Morgan fingerprint density at radius 1 is 1.38 bits per heavy atom. The predicted octanol–water partition coefficient (Wildman–Crippen LogP) is 1.50. The van der Waals surface area contributed by atoms with Gasteiger partial charge >= 0.3 is 11.9 Å². The monoisotopic (exact) mass is 357 g/mol. The number of hydrogen-bond acceptors (Lipinski definition) is 6. The molecule has 0 aromatic heterocycles. The predicted molar refractivity (Wildman–Crippen MR) is 75.2 cm³/mol. The van der Waals surface area contributed by atoms with Gasteiger partial charge in [-0.15, -0.1) is 0 Å². The average molecular weight is 358 g/mol. The number of ether oxygens (including phenoxy) is 3. The molecule has 1 heterocycles. The SMILES string of the molecule is CCOC(=O)COC(=O)c1cc(Br)c2c(c1)OCC(=O)N2. The second-order valence-electron chi connectivity index (χ2n) is 4.05. The quantitative estimate of drug-likeness (QED) is 0.821. The molecule has 1 aromatic rings. The Labute approximate surface area is 128 Å². The van der Waals surface area contributed by atoms with E-state index in [1.165, 1.54) is 12.1 Å². The topological polar surface area (TPSA) is 90.9 Å². The van der Waals surface area contributed by atoms with Crippen molar-refractivity contribution in [2.75, 3.05) is 25.1 Å². The maximum absolute atomic E-state index is 11.9. The summed E-state index contributed by atoms with van der Waals surface area (Å²) >= 11 is 3.24. The highest BCUT2D eigenvalue weighted by Gasteiger charge is 2.22. The molecule has 0 fully saturated rings. The van der Waals surface area contributed by atoms with Gasteiger partial charge in [0, 0.05) is 4.47 Å². The maximum atomic E-state index is 11.9. The summed E-state index contributed by atoms with van der Waals surface area (Å²) < 4.78 is 15.2. The Kier molecular flexibility index (Phi) is 4.79. The summed E-state index contributed by atoms with van der Waals surface area (Å²) in [6.45, 7) is 1.29. The van der Waals surface area contributed by atoms with Crippen molar-refractivity contribution in [3.63, 3.8) is 0 Å². The number of esters is 2. The van der Waals surface area contributed by atoms with E-state index in [1.54, 1.807) is 6.92 Å². The van der Waals surface area contributed by atoms with E-state index >= 15 is 0 Å². The number of carbonyl (C=O) groups excluding carboxylic acids is 3. The van der Waals surface area contributed by atoms with E-state index in [2.05, 4.69) is 26.0 Å². The minimum atomic E-state index is -0.688. The lowest BCUT2D eigenvalue weighted by molar-refractivity contribution is -0.146.